The minimum atomic E-state index is -0.0401. The van der Waals surface area contributed by atoms with Crippen molar-refractivity contribution < 1.29 is 4.79 Å². The van der Waals surface area contributed by atoms with E-state index in [-0.39, 0.29) is 5.91 Å². The summed E-state index contributed by atoms with van der Waals surface area (Å²) in [5, 5.41) is 4.95. The zero-order valence-corrected chi connectivity index (χ0v) is 12.2. The largest absolute Gasteiger partial charge is 0.347 e. The van der Waals surface area contributed by atoms with Gasteiger partial charge in [0.15, 0.2) is 0 Å². The molecule has 100 valence electrons. The van der Waals surface area contributed by atoms with Crippen molar-refractivity contribution in [2.75, 3.05) is 0 Å². The Morgan fingerprint density at radius 3 is 2.85 bits per heavy atom. The fourth-order valence-corrected chi connectivity index (χ4v) is 3.54. The fourth-order valence-electron chi connectivity index (χ4n) is 1.78. The van der Waals surface area contributed by atoms with Gasteiger partial charge in [0, 0.05) is 28.7 Å². The van der Waals surface area contributed by atoms with E-state index in [1.165, 1.54) is 16.2 Å². The lowest BCUT2D eigenvalue weighted by atomic mass is 10.3. The molecule has 5 heteroatoms. The highest BCUT2D eigenvalue weighted by Gasteiger charge is 2.10. The molecule has 3 aromatic rings. The smallest absolute Gasteiger partial charge is 0.261 e. The summed E-state index contributed by atoms with van der Waals surface area (Å²) in [6, 6.07) is 11.8. The van der Waals surface area contributed by atoms with Gasteiger partial charge >= 0.3 is 0 Å². The van der Waals surface area contributed by atoms with E-state index in [1.54, 1.807) is 23.7 Å². The Hall–Kier alpha value is -1.98. The summed E-state index contributed by atoms with van der Waals surface area (Å²) >= 11 is 3.20. The van der Waals surface area contributed by atoms with Gasteiger partial charge in [-0.05, 0) is 35.2 Å². The third-order valence-electron chi connectivity index (χ3n) is 2.77. The Morgan fingerprint density at radius 2 is 2.10 bits per heavy atom. The summed E-state index contributed by atoms with van der Waals surface area (Å²) in [5.41, 5.74) is 0.996. The van der Waals surface area contributed by atoms with E-state index < -0.39 is 0 Å². The quantitative estimate of drug-likeness (QED) is 0.796. The zero-order valence-electron chi connectivity index (χ0n) is 10.6. The van der Waals surface area contributed by atoms with Gasteiger partial charge in [0.25, 0.3) is 5.91 Å². The average molecular weight is 300 g/mol. The molecule has 20 heavy (non-hydrogen) atoms. The molecule has 0 saturated heterocycles. The van der Waals surface area contributed by atoms with Crippen molar-refractivity contribution in [3.63, 3.8) is 0 Å². The number of aromatic nitrogens is 1. The summed E-state index contributed by atoms with van der Waals surface area (Å²) in [4.78, 5) is 19.2. The molecule has 0 atom stereocenters. The molecular weight excluding hydrogens is 288 g/mol. The molecule has 0 aliphatic rings. The first kappa shape index (κ1) is 13.0. The Kier molecular flexibility index (Phi) is 3.90. The second-order valence-corrected chi connectivity index (χ2v) is 6.22. The molecule has 3 rings (SSSR count). The van der Waals surface area contributed by atoms with Crippen LogP contribution in [0.3, 0.4) is 0 Å². The molecule has 3 aromatic heterocycles. The Labute approximate surface area is 124 Å². The predicted molar refractivity (Wildman–Crippen MR) is 83.0 cm³/mol. The first-order valence-electron chi connectivity index (χ1n) is 6.14. The SMILES string of the molecule is O=C(NCc1cccnc1)c1ccc(-c2cccs2)s1. The van der Waals surface area contributed by atoms with Crippen molar-refractivity contribution in [1.29, 1.82) is 0 Å². The number of thiophene rings is 2. The summed E-state index contributed by atoms with van der Waals surface area (Å²) in [5.74, 6) is -0.0401. The summed E-state index contributed by atoms with van der Waals surface area (Å²) in [6.07, 6.45) is 3.48. The molecule has 0 aromatic carbocycles. The molecule has 3 heterocycles. The third-order valence-corrected chi connectivity index (χ3v) is 4.92. The van der Waals surface area contributed by atoms with Gasteiger partial charge in [0.05, 0.1) is 4.88 Å². The van der Waals surface area contributed by atoms with Gasteiger partial charge in [-0.1, -0.05) is 12.1 Å². The molecule has 0 fully saturated rings. The van der Waals surface area contributed by atoms with Crippen LogP contribution in [0.25, 0.3) is 9.75 Å². The highest BCUT2D eigenvalue weighted by molar-refractivity contribution is 7.22. The molecule has 1 amide bonds. The summed E-state index contributed by atoms with van der Waals surface area (Å²) < 4.78 is 0. The number of nitrogens with one attached hydrogen (secondary N) is 1. The lowest BCUT2D eigenvalue weighted by Crippen LogP contribution is -2.21. The molecule has 0 bridgehead atoms. The average Bonchev–Trinajstić information content (AvgIpc) is 3.16. The van der Waals surface area contributed by atoms with Gasteiger partial charge < -0.3 is 5.32 Å². The molecule has 1 N–H and O–H groups in total. The molecule has 0 aliphatic carbocycles. The normalized spacial score (nSPS) is 10.4. The van der Waals surface area contributed by atoms with Gasteiger partial charge in [0.2, 0.25) is 0 Å². The van der Waals surface area contributed by atoms with Crippen LogP contribution < -0.4 is 5.32 Å². The molecular formula is C15H12N2OS2. The lowest BCUT2D eigenvalue weighted by molar-refractivity contribution is 0.0955. The monoisotopic (exact) mass is 300 g/mol. The summed E-state index contributed by atoms with van der Waals surface area (Å²) in [7, 11) is 0. The van der Waals surface area contributed by atoms with Crippen LogP contribution in [-0.4, -0.2) is 10.9 Å². The van der Waals surface area contributed by atoms with E-state index >= 15 is 0 Å². The van der Waals surface area contributed by atoms with Crippen LogP contribution in [0.4, 0.5) is 0 Å². The minimum Gasteiger partial charge on any atom is -0.347 e. The molecule has 0 saturated carbocycles. The Morgan fingerprint density at radius 1 is 1.15 bits per heavy atom. The number of carbonyl (C=O) groups is 1. The minimum absolute atomic E-state index is 0.0401. The van der Waals surface area contributed by atoms with Crippen LogP contribution in [0.5, 0.6) is 0 Å². The number of hydrogen-bond acceptors (Lipinski definition) is 4. The maximum Gasteiger partial charge on any atom is 0.261 e. The fraction of sp³-hybridized carbons (Fsp3) is 0.0667. The standard InChI is InChI=1S/C15H12N2OS2/c18-15(17-10-11-3-1-7-16-9-11)14-6-5-13(20-14)12-4-2-8-19-12/h1-9H,10H2,(H,17,18). The third kappa shape index (κ3) is 2.95. The highest BCUT2D eigenvalue weighted by atomic mass is 32.1. The molecule has 0 unspecified atom stereocenters. The van der Waals surface area contributed by atoms with Gasteiger partial charge in [-0.3, -0.25) is 9.78 Å². The van der Waals surface area contributed by atoms with Crippen LogP contribution in [0.1, 0.15) is 15.2 Å². The topological polar surface area (TPSA) is 42.0 Å². The van der Waals surface area contributed by atoms with Crippen molar-refractivity contribution in [3.8, 4) is 9.75 Å². The van der Waals surface area contributed by atoms with Gasteiger partial charge in [-0.25, -0.2) is 0 Å². The van der Waals surface area contributed by atoms with Crippen molar-refractivity contribution in [2.24, 2.45) is 0 Å². The lowest BCUT2D eigenvalue weighted by Gasteiger charge is -2.02. The number of pyridine rings is 1. The molecule has 3 nitrogen and oxygen atoms in total. The number of nitrogens with zero attached hydrogens (tertiary/aromatic N) is 1. The van der Waals surface area contributed by atoms with Crippen molar-refractivity contribution in [1.82, 2.24) is 10.3 Å². The molecule has 0 spiro atoms. The Bertz CT molecular complexity index is 690. The van der Waals surface area contributed by atoms with Gasteiger partial charge in [-0.15, -0.1) is 22.7 Å². The van der Waals surface area contributed by atoms with Crippen LogP contribution in [0.15, 0.2) is 54.2 Å². The van der Waals surface area contributed by atoms with E-state index in [2.05, 4.69) is 16.4 Å². The highest BCUT2D eigenvalue weighted by Crippen LogP contribution is 2.31. The number of hydrogen-bond donors (Lipinski definition) is 1. The van der Waals surface area contributed by atoms with Crippen molar-refractivity contribution >= 4 is 28.6 Å². The first-order chi connectivity index (χ1) is 9.83. The summed E-state index contributed by atoms with van der Waals surface area (Å²) in [6.45, 7) is 0.499. The molecule has 0 aliphatic heterocycles. The number of rotatable bonds is 4. The maximum absolute atomic E-state index is 12.1. The van der Waals surface area contributed by atoms with E-state index in [0.29, 0.717) is 6.54 Å². The van der Waals surface area contributed by atoms with Crippen molar-refractivity contribution in [2.45, 2.75) is 6.54 Å². The van der Waals surface area contributed by atoms with Crippen LogP contribution in [0.2, 0.25) is 0 Å². The predicted octanol–water partition coefficient (Wildman–Crippen LogP) is 3.80. The van der Waals surface area contributed by atoms with Gasteiger partial charge in [0.1, 0.15) is 0 Å². The van der Waals surface area contributed by atoms with E-state index in [0.717, 1.165) is 15.3 Å². The molecule has 0 radical (unpaired) electrons. The number of carbonyl (C=O) groups excluding carboxylic acids is 1. The first-order valence-corrected chi connectivity index (χ1v) is 7.83. The van der Waals surface area contributed by atoms with E-state index in [4.69, 9.17) is 0 Å². The maximum atomic E-state index is 12.1. The van der Waals surface area contributed by atoms with Crippen molar-refractivity contribution in [3.05, 3.63) is 64.6 Å². The van der Waals surface area contributed by atoms with E-state index in [9.17, 15) is 4.79 Å². The second kappa shape index (κ2) is 5.98. The van der Waals surface area contributed by atoms with Gasteiger partial charge in [-0.2, -0.15) is 0 Å². The van der Waals surface area contributed by atoms with Crippen LogP contribution in [0, 0.1) is 0 Å². The van der Waals surface area contributed by atoms with E-state index in [1.807, 2.05) is 35.7 Å². The Balaban J connectivity index is 1.66. The van der Waals surface area contributed by atoms with Crippen LogP contribution >= 0.6 is 22.7 Å². The number of amides is 1. The second-order valence-electron chi connectivity index (χ2n) is 4.19. The zero-order chi connectivity index (χ0) is 13.8. The van der Waals surface area contributed by atoms with Crippen LogP contribution in [-0.2, 0) is 6.54 Å².